The number of hydrogen-bond acceptors (Lipinski definition) is 2. The minimum Gasteiger partial charge on any atom is -0.469 e. The number of methoxy groups -OCH3 is 1. The van der Waals surface area contributed by atoms with Crippen LogP contribution >= 0.6 is 0 Å². The molecule has 2 nitrogen and oxygen atoms in total. The van der Waals surface area contributed by atoms with E-state index < -0.39 is 5.41 Å². The zero-order valence-corrected chi connectivity index (χ0v) is 50.9. The first-order valence-corrected chi connectivity index (χ1v) is 30.6. The fourth-order valence-electron chi connectivity index (χ4n) is 16.5. The normalized spacial score (nSPS) is 15.7. The predicted octanol–water partition coefficient (Wildman–Crippen LogP) is 22.9. The highest BCUT2D eigenvalue weighted by atomic mass is 16.5. The van der Waals surface area contributed by atoms with E-state index in [9.17, 15) is 4.79 Å². The smallest absolute Gasteiger partial charge is 0.311 e. The van der Waals surface area contributed by atoms with Gasteiger partial charge in [0.1, 0.15) is 0 Å². The monoisotopic (exact) mass is 943 g/mol. The number of carbonyl (C=O) groups excluding carboxylic acids is 1. The Bertz CT molecular complexity index is 1150. The zero-order chi connectivity index (χ0) is 51.9. The molecule has 0 saturated heterocycles. The van der Waals surface area contributed by atoms with Gasteiger partial charge in [-0.3, -0.25) is 4.79 Å². The lowest BCUT2D eigenvalue weighted by atomic mass is 9.45. The van der Waals surface area contributed by atoms with E-state index in [4.69, 9.17) is 4.74 Å². The third-order valence-electron chi connectivity index (χ3n) is 23.0. The maximum atomic E-state index is 14.9. The van der Waals surface area contributed by atoms with Crippen LogP contribution in [-0.2, 0) is 9.53 Å². The lowest BCUT2D eigenvalue weighted by molar-refractivity contribution is -0.158. The minimum atomic E-state index is -0.558. The predicted molar refractivity (Wildman–Crippen MR) is 303 cm³/mol. The van der Waals surface area contributed by atoms with Crippen LogP contribution in [0.5, 0.6) is 0 Å². The summed E-state index contributed by atoms with van der Waals surface area (Å²) in [5.74, 6) is 0.0340. The lowest BCUT2D eigenvalue weighted by Gasteiger charge is -2.60. The van der Waals surface area contributed by atoms with Crippen LogP contribution in [0.4, 0.5) is 0 Å². The summed E-state index contributed by atoms with van der Waals surface area (Å²) in [5.41, 5.74) is 1.41. The number of rotatable bonds is 42. The van der Waals surface area contributed by atoms with Gasteiger partial charge in [0.15, 0.2) is 0 Å². The van der Waals surface area contributed by atoms with Crippen molar-refractivity contribution in [2.75, 3.05) is 7.11 Å². The molecule has 2 heteroatoms. The van der Waals surface area contributed by atoms with Crippen LogP contribution < -0.4 is 0 Å². The van der Waals surface area contributed by atoms with Crippen molar-refractivity contribution < 1.29 is 9.53 Å². The maximum Gasteiger partial charge on any atom is 0.311 e. The largest absolute Gasteiger partial charge is 0.469 e. The van der Waals surface area contributed by atoms with Crippen molar-refractivity contribution in [1.29, 1.82) is 0 Å². The van der Waals surface area contributed by atoms with E-state index in [0.717, 1.165) is 12.8 Å². The highest BCUT2D eigenvalue weighted by Crippen LogP contribution is 2.68. The van der Waals surface area contributed by atoms with Crippen molar-refractivity contribution >= 4 is 5.97 Å². The summed E-state index contributed by atoms with van der Waals surface area (Å²) in [4.78, 5) is 14.9. The van der Waals surface area contributed by atoms with E-state index >= 15 is 0 Å². The summed E-state index contributed by atoms with van der Waals surface area (Å²) in [5, 5.41) is 0. The first-order valence-electron chi connectivity index (χ1n) is 30.6. The molecule has 0 bridgehead atoms. The molecule has 67 heavy (non-hydrogen) atoms. The fraction of sp³-hybridized carbons (Fsp3) is 0.985. The molecule has 0 N–H and O–H groups in total. The Morgan fingerprint density at radius 3 is 0.701 bits per heavy atom. The van der Waals surface area contributed by atoms with Gasteiger partial charge in [0.25, 0.3) is 0 Å². The van der Waals surface area contributed by atoms with Gasteiger partial charge in [-0.05, 0) is 126 Å². The topological polar surface area (TPSA) is 26.3 Å². The average Bonchev–Trinajstić information content (AvgIpc) is 3.36. The molecule has 0 heterocycles. The quantitative estimate of drug-likeness (QED) is 0.0450. The van der Waals surface area contributed by atoms with E-state index in [2.05, 4.69) is 145 Å². The van der Waals surface area contributed by atoms with Crippen molar-refractivity contribution in [3.05, 3.63) is 0 Å². The number of unbranched alkanes of at least 4 members (excludes halogenated alkanes) is 2. The molecular formula is C65H130O2. The molecule has 402 valence electrons. The Balaban J connectivity index is 10.2. The lowest BCUT2D eigenvalue weighted by Crippen LogP contribution is -2.50. The molecule has 0 aromatic rings. The van der Waals surface area contributed by atoms with Gasteiger partial charge in [-0.1, -0.05) is 273 Å². The molecule has 0 aliphatic heterocycles. The molecule has 0 fully saturated rings. The molecule has 0 radical (unpaired) electrons. The van der Waals surface area contributed by atoms with Gasteiger partial charge < -0.3 is 4.74 Å². The van der Waals surface area contributed by atoms with Crippen LogP contribution in [0.15, 0.2) is 0 Å². The van der Waals surface area contributed by atoms with Crippen molar-refractivity contribution in [2.45, 2.75) is 351 Å². The van der Waals surface area contributed by atoms with Gasteiger partial charge in [-0.15, -0.1) is 0 Å². The molecule has 0 aromatic heterocycles. The number of esters is 1. The van der Waals surface area contributed by atoms with E-state index in [1.54, 1.807) is 7.11 Å². The second-order valence-corrected chi connectivity index (χ2v) is 25.3. The van der Waals surface area contributed by atoms with Gasteiger partial charge in [0.05, 0.1) is 12.5 Å². The Hall–Kier alpha value is -0.530. The van der Waals surface area contributed by atoms with Crippen LogP contribution in [0.2, 0.25) is 0 Å². The van der Waals surface area contributed by atoms with Crippen molar-refractivity contribution in [1.82, 2.24) is 0 Å². The Morgan fingerprint density at radius 2 is 0.493 bits per heavy atom. The van der Waals surface area contributed by atoms with E-state index in [-0.39, 0.29) is 27.6 Å². The molecule has 0 aliphatic rings. The summed E-state index contributed by atoms with van der Waals surface area (Å²) in [7, 11) is 1.69. The number of carbonyl (C=O) groups is 1. The fourth-order valence-corrected chi connectivity index (χ4v) is 16.5. The molecule has 2 atom stereocenters. The summed E-state index contributed by atoms with van der Waals surface area (Å²) < 4.78 is 6.03. The van der Waals surface area contributed by atoms with Crippen LogP contribution in [0, 0.1) is 54.1 Å². The molecule has 0 amide bonds. The van der Waals surface area contributed by atoms with Crippen LogP contribution in [0.3, 0.4) is 0 Å². The summed E-state index contributed by atoms with van der Waals surface area (Å²) in [6.45, 7) is 52.9. The molecule has 2 unspecified atom stereocenters. The second kappa shape index (κ2) is 29.9. The van der Waals surface area contributed by atoms with Gasteiger partial charge in [-0.2, -0.15) is 0 Å². The molecule has 0 saturated carbocycles. The van der Waals surface area contributed by atoms with Crippen LogP contribution in [0.25, 0.3) is 0 Å². The number of hydrogen-bond donors (Lipinski definition) is 0. The first-order chi connectivity index (χ1) is 31.6. The van der Waals surface area contributed by atoms with Crippen LogP contribution in [0.1, 0.15) is 351 Å². The Kier molecular flexibility index (Phi) is 29.6. The molecular weight excluding hydrogens is 813 g/mol. The van der Waals surface area contributed by atoms with Crippen molar-refractivity contribution in [3.63, 3.8) is 0 Å². The van der Waals surface area contributed by atoms with Gasteiger partial charge >= 0.3 is 5.97 Å². The summed E-state index contributed by atoms with van der Waals surface area (Å²) in [6, 6.07) is 0. The zero-order valence-electron chi connectivity index (χ0n) is 50.9. The van der Waals surface area contributed by atoms with E-state index in [0.29, 0.717) is 27.1 Å². The second-order valence-electron chi connectivity index (χ2n) is 25.3. The van der Waals surface area contributed by atoms with Crippen molar-refractivity contribution in [3.8, 4) is 0 Å². The molecule has 0 aromatic carbocycles. The standard InChI is InChI=1S/C65H130O2/c1-23-43-44-45-63(47-57(25-3,26-4)27-5,48-58(28-6,29-7)30-8)53-64(49-59(31-9,32-10)33-11,46-56(21,24-2)55(66)67-22)54-65(50-60(34-12,35-13)36-14,51-61(37-15,38-16)39-17)52-62(40-18,41-19)42-20/h23-54H2,1-22H3. The first kappa shape index (κ1) is 66.5. The van der Waals surface area contributed by atoms with Gasteiger partial charge in [0, 0.05) is 0 Å². The third-order valence-corrected chi connectivity index (χ3v) is 23.0. The highest BCUT2D eigenvalue weighted by Gasteiger charge is 2.57. The third kappa shape index (κ3) is 17.0. The van der Waals surface area contributed by atoms with E-state index in [1.807, 2.05) is 0 Å². The Morgan fingerprint density at radius 1 is 0.284 bits per heavy atom. The van der Waals surface area contributed by atoms with E-state index in [1.165, 1.54) is 193 Å². The Labute approximate surface area is 425 Å². The highest BCUT2D eigenvalue weighted by molar-refractivity contribution is 5.76. The molecule has 0 rings (SSSR count). The summed E-state index contributed by atoms with van der Waals surface area (Å²) in [6.07, 6.45) is 39.8. The van der Waals surface area contributed by atoms with Crippen LogP contribution in [-0.4, -0.2) is 13.1 Å². The number of ether oxygens (including phenoxy) is 1. The van der Waals surface area contributed by atoms with Gasteiger partial charge in [0.2, 0.25) is 0 Å². The minimum absolute atomic E-state index is 0.0340. The maximum absolute atomic E-state index is 14.9. The SMILES string of the molecule is CCCCCC(CC(CC)(CC)CC)(CC(CC)(CC)CC)CC(CC(CC)(CC)CC)(CC(CC(CC)(CC)CC)(CC(CC)(CC)CC)CC(CC)(CC)CC)CC(C)(CC)C(=O)OC. The molecule has 0 spiro atoms. The van der Waals surface area contributed by atoms with Crippen molar-refractivity contribution in [2.24, 2.45) is 54.1 Å². The summed E-state index contributed by atoms with van der Waals surface area (Å²) >= 11 is 0. The molecule has 0 aliphatic carbocycles. The average molecular weight is 944 g/mol. The van der Waals surface area contributed by atoms with Gasteiger partial charge in [-0.25, -0.2) is 0 Å².